The highest BCUT2D eigenvalue weighted by atomic mass is 16.1. The first kappa shape index (κ1) is 20.1. The molecular weight excluding hydrogens is 396 g/mol. The molecule has 32 heavy (non-hydrogen) atoms. The summed E-state index contributed by atoms with van der Waals surface area (Å²) < 4.78 is 1.97. The molecule has 6 rings (SSSR count). The van der Waals surface area contributed by atoms with Crippen molar-refractivity contribution in [1.82, 2.24) is 9.78 Å². The van der Waals surface area contributed by atoms with Gasteiger partial charge in [-0.25, -0.2) is 0 Å². The smallest absolute Gasteiger partial charge is 0.181 e. The minimum Gasteiger partial charge on any atom is -0.299 e. The van der Waals surface area contributed by atoms with Gasteiger partial charge in [-0.05, 0) is 55.4 Å². The standard InChI is InChI=1S/C28H32N2O2/c1-27-14-12-21-19(20(27)10-11-24(27)32)17-22-25-26(23(31)13-15-28(21,25)2)30(29-22)16-6-9-18-7-4-3-5-8-18/h3-9,19-21H,10-17H2,1-2H3/b9-6+. The molecule has 4 aliphatic carbocycles. The summed E-state index contributed by atoms with van der Waals surface area (Å²) in [6, 6.07) is 10.3. The highest BCUT2D eigenvalue weighted by molar-refractivity contribution is 5.98. The summed E-state index contributed by atoms with van der Waals surface area (Å²) in [5.41, 5.74) is 4.27. The molecule has 0 N–H and O–H groups in total. The normalized spacial score (nSPS) is 35.6. The van der Waals surface area contributed by atoms with E-state index in [1.54, 1.807) is 0 Å². The Hall–Kier alpha value is -2.49. The van der Waals surface area contributed by atoms with Gasteiger partial charge in [-0.3, -0.25) is 14.3 Å². The number of carbonyl (C=O) groups is 2. The van der Waals surface area contributed by atoms with Gasteiger partial charge in [-0.15, -0.1) is 0 Å². The Balaban J connectivity index is 1.39. The van der Waals surface area contributed by atoms with Crippen LogP contribution >= 0.6 is 0 Å². The number of nitrogens with zero attached hydrogens (tertiary/aromatic N) is 2. The van der Waals surface area contributed by atoms with Gasteiger partial charge in [-0.1, -0.05) is 56.3 Å². The molecule has 1 aromatic carbocycles. The fourth-order valence-electron chi connectivity index (χ4n) is 7.87. The fraction of sp³-hybridized carbons (Fsp3) is 0.536. The number of fused-ring (bicyclic) bond motifs is 4. The highest BCUT2D eigenvalue weighted by Crippen LogP contribution is 2.63. The molecule has 0 aliphatic heterocycles. The fourth-order valence-corrected chi connectivity index (χ4v) is 7.87. The van der Waals surface area contributed by atoms with E-state index >= 15 is 0 Å². The molecular formula is C28H32N2O2. The molecule has 166 valence electrons. The lowest BCUT2D eigenvalue weighted by atomic mass is 9.48. The van der Waals surface area contributed by atoms with Crippen molar-refractivity contribution >= 4 is 17.6 Å². The molecule has 0 saturated heterocycles. The second-order valence-electron chi connectivity index (χ2n) is 11.0. The number of hydrogen-bond acceptors (Lipinski definition) is 3. The molecule has 1 aromatic heterocycles. The number of carbonyl (C=O) groups excluding carboxylic acids is 2. The lowest BCUT2D eigenvalue weighted by molar-refractivity contribution is -0.131. The van der Waals surface area contributed by atoms with Gasteiger partial charge in [0.15, 0.2) is 5.78 Å². The molecule has 2 fully saturated rings. The van der Waals surface area contributed by atoms with Crippen molar-refractivity contribution in [3.05, 3.63) is 58.9 Å². The lowest BCUT2D eigenvalue weighted by Crippen LogP contribution is -2.53. The van der Waals surface area contributed by atoms with E-state index < -0.39 is 0 Å². The SMILES string of the molecule is CC12CCC3C(Cc4nn(C/C=C/c5ccccc5)c5c4C3(C)CCC5=O)C1CCC2=O. The Labute approximate surface area is 190 Å². The lowest BCUT2D eigenvalue weighted by Gasteiger charge is -2.55. The van der Waals surface area contributed by atoms with Crippen LogP contribution in [0.2, 0.25) is 0 Å². The van der Waals surface area contributed by atoms with Crippen LogP contribution in [0.5, 0.6) is 0 Å². The number of Topliss-reactive ketones (excluding diaryl/α,β-unsaturated/α-hetero) is 2. The van der Waals surface area contributed by atoms with Crippen molar-refractivity contribution in [2.75, 3.05) is 0 Å². The second kappa shape index (κ2) is 7.00. The number of benzene rings is 1. The van der Waals surface area contributed by atoms with E-state index in [1.165, 1.54) is 5.56 Å². The molecule has 0 spiro atoms. The number of aromatic nitrogens is 2. The minimum absolute atomic E-state index is 0.00978. The van der Waals surface area contributed by atoms with Gasteiger partial charge in [0.2, 0.25) is 0 Å². The minimum atomic E-state index is -0.136. The Morgan fingerprint density at radius 3 is 2.62 bits per heavy atom. The predicted octanol–water partition coefficient (Wildman–Crippen LogP) is 5.40. The van der Waals surface area contributed by atoms with E-state index in [4.69, 9.17) is 5.10 Å². The van der Waals surface area contributed by atoms with E-state index in [0.717, 1.165) is 55.5 Å². The van der Waals surface area contributed by atoms with Gasteiger partial charge in [0.05, 0.1) is 12.2 Å². The maximum absolute atomic E-state index is 13.1. The zero-order valence-electron chi connectivity index (χ0n) is 19.1. The molecule has 5 unspecified atom stereocenters. The molecule has 5 atom stereocenters. The second-order valence-corrected chi connectivity index (χ2v) is 11.0. The maximum atomic E-state index is 13.1. The van der Waals surface area contributed by atoms with Gasteiger partial charge in [-0.2, -0.15) is 5.10 Å². The Morgan fingerprint density at radius 1 is 1.03 bits per heavy atom. The number of hydrogen-bond donors (Lipinski definition) is 0. The highest BCUT2D eigenvalue weighted by Gasteiger charge is 2.60. The van der Waals surface area contributed by atoms with Gasteiger partial charge in [0, 0.05) is 29.2 Å². The van der Waals surface area contributed by atoms with Crippen molar-refractivity contribution in [3.8, 4) is 0 Å². The van der Waals surface area contributed by atoms with Crippen LogP contribution in [0.4, 0.5) is 0 Å². The third-order valence-corrected chi connectivity index (χ3v) is 9.51. The van der Waals surface area contributed by atoms with E-state index in [0.29, 0.717) is 36.5 Å². The molecule has 4 aliphatic rings. The van der Waals surface area contributed by atoms with Crippen LogP contribution in [0.15, 0.2) is 36.4 Å². The first-order valence-corrected chi connectivity index (χ1v) is 12.3. The van der Waals surface area contributed by atoms with Crippen LogP contribution < -0.4 is 0 Å². The average molecular weight is 429 g/mol. The van der Waals surface area contributed by atoms with Crippen LogP contribution in [-0.2, 0) is 23.2 Å². The Morgan fingerprint density at radius 2 is 1.81 bits per heavy atom. The zero-order valence-corrected chi connectivity index (χ0v) is 19.1. The molecule has 2 aromatic rings. The van der Waals surface area contributed by atoms with Crippen LogP contribution in [0.1, 0.15) is 79.7 Å². The van der Waals surface area contributed by atoms with E-state index in [-0.39, 0.29) is 16.6 Å². The quantitative estimate of drug-likeness (QED) is 0.658. The van der Waals surface area contributed by atoms with Crippen LogP contribution in [0, 0.1) is 23.2 Å². The zero-order chi connectivity index (χ0) is 22.1. The van der Waals surface area contributed by atoms with Crippen molar-refractivity contribution in [1.29, 1.82) is 0 Å². The molecule has 4 nitrogen and oxygen atoms in total. The Kier molecular flexibility index (Phi) is 4.41. The molecule has 0 bridgehead atoms. The molecule has 0 radical (unpaired) electrons. The molecule has 4 heteroatoms. The summed E-state index contributed by atoms with van der Waals surface area (Å²) in [6.45, 7) is 5.24. The van der Waals surface area contributed by atoms with Crippen molar-refractivity contribution in [2.45, 2.75) is 70.8 Å². The summed E-state index contributed by atoms with van der Waals surface area (Å²) in [4.78, 5) is 25.8. The topological polar surface area (TPSA) is 52.0 Å². The van der Waals surface area contributed by atoms with Crippen molar-refractivity contribution in [2.24, 2.45) is 23.2 Å². The average Bonchev–Trinajstić information content (AvgIpc) is 3.31. The number of rotatable bonds is 3. The van der Waals surface area contributed by atoms with E-state index in [9.17, 15) is 9.59 Å². The van der Waals surface area contributed by atoms with Crippen molar-refractivity contribution < 1.29 is 9.59 Å². The summed E-state index contributed by atoms with van der Waals surface area (Å²) in [5.74, 6) is 2.28. The monoisotopic (exact) mass is 428 g/mol. The summed E-state index contributed by atoms with van der Waals surface area (Å²) in [5, 5.41) is 5.05. The largest absolute Gasteiger partial charge is 0.299 e. The predicted molar refractivity (Wildman–Crippen MR) is 124 cm³/mol. The number of ketones is 2. The van der Waals surface area contributed by atoms with Gasteiger partial charge in [0.1, 0.15) is 11.5 Å². The summed E-state index contributed by atoms with van der Waals surface area (Å²) in [7, 11) is 0. The molecule has 1 heterocycles. The third-order valence-electron chi connectivity index (χ3n) is 9.51. The summed E-state index contributed by atoms with van der Waals surface area (Å²) >= 11 is 0. The van der Waals surface area contributed by atoms with Crippen LogP contribution in [0.25, 0.3) is 6.08 Å². The molecule has 0 amide bonds. The van der Waals surface area contributed by atoms with E-state index in [2.05, 4.69) is 38.1 Å². The molecule has 2 saturated carbocycles. The Bertz CT molecular complexity index is 1130. The number of allylic oxidation sites excluding steroid dienone is 1. The first-order chi connectivity index (χ1) is 15.4. The first-order valence-electron chi connectivity index (χ1n) is 12.3. The van der Waals surface area contributed by atoms with Gasteiger partial charge in [0.25, 0.3) is 0 Å². The van der Waals surface area contributed by atoms with Crippen molar-refractivity contribution in [3.63, 3.8) is 0 Å². The van der Waals surface area contributed by atoms with E-state index in [1.807, 2.05) is 22.9 Å². The maximum Gasteiger partial charge on any atom is 0.181 e. The van der Waals surface area contributed by atoms with Crippen LogP contribution in [-0.4, -0.2) is 21.3 Å². The van der Waals surface area contributed by atoms with Gasteiger partial charge >= 0.3 is 0 Å². The van der Waals surface area contributed by atoms with Crippen LogP contribution in [0.3, 0.4) is 0 Å². The van der Waals surface area contributed by atoms with Gasteiger partial charge < -0.3 is 0 Å². The third kappa shape index (κ3) is 2.71. The summed E-state index contributed by atoms with van der Waals surface area (Å²) in [6.07, 6.45) is 10.6.